The maximum absolute atomic E-state index is 12.4. The zero-order valence-corrected chi connectivity index (χ0v) is 18.1. The molecule has 0 saturated carbocycles. The molecular formula is C22H19N7O3S. The highest BCUT2D eigenvalue weighted by Gasteiger charge is 2.15. The van der Waals surface area contributed by atoms with Gasteiger partial charge in [-0.05, 0) is 42.0 Å². The zero-order chi connectivity index (χ0) is 23.1. The van der Waals surface area contributed by atoms with Crippen LogP contribution in [0.15, 0.2) is 90.2 Å². The van der Waals surface area contributed by atoms with Crippen molar-refractivity contribution in [3.63, 3.8) is 0 Å². The fourth-order valence-electron chi connectivity index (χ4n) is 2.83. The van der Waals surface area contributed by atoms with Gasteiger partial charge in [0, 0.05) is 24.2 Å². The standard InChI is InChI=1S/C22H19N7O3S/c30-21(12-9-19-16-29(28-26-19)15-17-5-2-1-3-6-17)25-18-7-10-20(11-8-18)33(31,32)27-22-23-13-4-14-24-22/h1-14,16H,15H2,(H,25,30)(H,23,24,27)/b12-9+. The third kappa shape index (κ3) is 6.08. The maximum atomic E-state index is 12.4. The second kappa shape index (κ2) is 9.83. The maximum Gasteiger partial charge on any atom is 0.264 e. The van der Waals surface area contributed by atoms with E-state index in [1.807, 2.05) is 30.3 Å². The smallest absolute Gasteiger partial charge is 0.264 e. The van der Waals surface area contributed by atoms with Crippen molar-refractivity contribution in [2.24, 2.45) is 0 Å². The second-order valence-corrected chi connectivity index (χ2v) is 8.53. The summed E-state index contributed by atoms with van der Waals surface area (Å²) in [4.78, 5) is 19.9. The highest BCUT2D eigenvalue weighted by atomic mass is 32.2. The Morgan fingerprint density at radius 1 is 0.970 bits per heavy atom. The van der Waals surface area contributed by atoms with Crippen molar-refractivity contribution < 1.29 is 13.2 Å². The summed E-state index contributed by atoms with van der Waals surface area (Å²) in [5, 5.41) is 10.7. The summed E-state index contributed by atoms with van der Waals surface area (Å²) in [6.45, 7) is 0.578. The molecule has 0 saturated heterocycles. The van der Waals surface area contributed by atoms with Gasteiger partial charge in [-0.2, -0.15) is 0 Å². The van der Waals surface area contributed by atoms with E-state index in [1.165, 1.54) is 42.7 Å². The number of nitrogens with zero attached hydrogens (tertiary/aromatic N) is 5. The Hall–Kier alpha value is -4.38. The lowest BCUT2D eigenvalue weighted by molar-refractivity contribution is -0.111. The molecule has 4 rings (SSSR count). The first-order chi connectivity index (χ1) is 16.0. The van der Waals surface area contributed by atoms with Gasteiger partial charge in [0.2, 0.25) is 11.9 Å². The highest BCUT2D eigenvalue weighted by molar-refractivity contribution is 7.92. The summed E-state index contributed by atoms with van der Waals surface area (Å²) >= 11 is 0. The summed E-state index contributed by atoms with van der Waals surface area (Å²) in [7, 11) is -3.84. The molecule has 33 heavy (non-hydrogen) atoms. The number of anilines is 2. The Morgan fingerprint density at radius 2 is 1.70 bits per heavy atom. The van der Waals surface area contributed by atoms with Crippen molar-refractivity contribution >= 4 is 33.6 Å². The minimum atomic E-state index is -3.84. The monoisotopic (exact) mass is 461 g/mol. The van der Waals surface area contributed by atoms with Gasteiger partial charge >= 0.3 is 0 Å². The number of hydrogen-bond acceptors (Lipinski definition) is 7. The van der Waals surface area contributed by atoms with Crippen LogP contribution in [0.2, 0.25) is 0 Å². The average Bonchev–Trinajstić information content (AvgIpc) is 3.26. The molecule has 0 spiro atoms. The summed E-state index contributed by atoms with van der Waals surface area (Å²) in [6.07, 6.45) is 7.48. The molecule has 1 amide bonds. The van der Waals surface area contributed by atoms with Crippen LogP contribution in [0.1, 0.15) is 11.3 Å². The molecule has 0 radical (unpaired) electrons. The van der Waals surface area contributed by atoms with Gasteiger partial charge in [-0.1, -0.05) is 35.5 Å². The lowest BCUT2D eigenvalue weighted by Crippen LogP contribution is -2.15. The Kier molecular flexibility index (Phi) is 6.51. The Bertz CT molecular complexity index is 1350. The first-order valence-electron chi connectivity index (χ1n) is 9.81. The molecule has 0 fully saturated rings. The number of rotatable bonds is 8. The molecule has 2 heterocycles. The minimum Gasteiger partial charge on any atom is -0.323 e. The fraction of sp³-hybridized carbons (Fsp3) is 0.0455. The zero-order valence-electron chi connectivity index (χ0n) is 17.2. The second-order valence-electron chi connectivity index (χ2n) is 6.85. The van der Waals surface area contributed by atoms with Gasteiger partial charge in [-0.15, -0.1) is 5.10 Å². The van der Waals surface area contributed by atoms with Crippen LogP contribution in [0.5, 0.6) is 0 Å². The van der Waals surface area contributed by atoms with Crippen LogP contribution in [0, 0.1) is 0 Å². The van der Waals surface area contributed by atoms with Crippen LogP contribution in [0.4, 0.5) is 11.6 Å². The Labute approximate surface area is 190 Å². The number of amides is 1. The van der Waals surface area contributed by atoms with Crippen molar-refractivity contribution in [3.05, 3.63) is 96.6 Å². The highest BCUT2D eigenvalue weighted by Crippen LogP contribution is 2.16. The molecule has 0 aliphatic heterocycles. The van der Waals surface area contributed by atoms with Gasteiger partial charge in [0.1, 0.15) is 5.69 Å². The van der Waals surface area contributed by atoms with Crippen LogP contribution in [-0.4, -0.2) is 39.3 Å². The number of hydrogen-bond donors (Lipinski definition) is 2. The average molecular weight is 462 g/mol. The van der Waals surface area contributed by atoms with E-state index in [2.05, 4.69) is 30.3 Å². The van der Waals surface area contributed by atoms with Crippen LogP contribution < -0.4 is 10.0 Å². The van der Waals surface area contributed by atoms with Gasteiger partial charge in [-0.3, -0.25) is 4.79 Å². The van der Waals surface area contributed by atoms with Gasteiger partial charge in [-0.25, -0.2) is 27.8 Å². The molecule has 4 aromatic rings. The van der Waals surface area contributed by atoms with E-state index in [9.17, 15) is 13.2 Å². The van der Waals surface area contributed by atoms with Crippen molar-refractivity contribution in [3.8, 4) is 0 Å². The molecule has 2 N–H and O–H groups in total. The molecule has 11 heteroatoms. The van der Waals surface area contributed by atoms with Gasteiger partial charge in [0.05, 0.1) is 17.6 Å². The first kappa shape index (κ1) is 21.8. The molecule has 0 aliphatic rings. The minimum absolute atomic E-state index is 0.0125. The number of carbonyl (C=O) groups is 1. The summed E-state index contributed by atoms with van der Waals surface area (Å²) in [5.74, 6) is -0.417. The number of nitrogens with one attached hydrogen (secondary N) is 2. The number of aromatic nitrogens is 5. The van der Waals surface area contributed by atoms with E-state index in [-0.39, 0.29) is 16.8 Å². The number of sulfonamides is 1. The predicted octanol–water partition coefficient (Wildman–Crippen LogP) is 2.57. The van der Waals surface area contributed by atoms with Crippen LogP contribution in [0.3, 0.4) is 0 Å². The van der Waals surface area contributed by atoms with E-state index in [0.717, 1.165) is 5.56 Å². The SMILES string of the molecule is O=C(/C=C/c1cn(Cc2ccccc2)nn1)Nc1ccc(S(=O)(=O)Nc2ncccn2)cc1. The lowest BCUT2D eigenvalue weighted by atomic mass is 10.2. The molecule has 0 aliphatic carbocycles. The summed E-state index contributed by atoms with van der Waals surface area (Å²) < 4.78 is 28.8. The van der Waals surface area contributed by atoms with Crippen LogP contribution in [-0.2, 0) is 21.4 Å². The van der Waals surface area contributed by atoms with Crippen molar-refractivity contribution in [2.45, 2.75) is 11.4 Å². The largest absolute Gasteiger partial charge is 0.323 e. The molecule has 10 nitrogen and oxygen atoms in total. The van der Waals surface area contributed by atoms with Crippen LogP contribution in [0.25, 0.3) is 6.08 Å². The van der Waals surface area contributed by atoms with Crippen LogP contribution >= 0.6 is 0 Å². The molecular weight excluding hydrogens is 442 g/mol. The summed E-state index contributed by atoms with van der Waals surface area (Å²) in [5.41, 5.74) is 2.07. The van der Waals surface area contributed by atoms with E-state index in [1.54, 1.807) is 23.0 Å². The van der Waals surface area contributed by atoms with E-state index >= 15 is 0 Å². The molecule has 0 atom stereocenters. The third-order valence-corrected chi connectivity index (χ3v) is 5.72. The van der Waals surface area contributed by atoms with E-state index in [0.29, 0.717) is 17.9 Å². The normalized spacial score (nSPS) is 11.4. The molecule has 166 valence electrons. The van der Waals surface area contributed by atoms with Crippen molar-refractivity contribution in [2.75, 3.05) is 10.0 Å². The lowest BCUT2D eigenvalue weighted by Gasteiger charge is -2.07. The van der Waals surface area contributed by atoms with Crippen molar-refractivity contribution in [1.82, 2.24) is 25.0 Å². The van der Waals surface area contributed by atoms with Gasteiger partial charge < -0.3 is 5.32 Å². The fourth-order valence-corrected chi connectivity index (χ4v) is 3.79. The molecule has 0 bridgehead atoms. The van der Waals surface area contributed by atoms with Gasteiger partial charge in [0.25, 0.3) is 10.0 Å². The van der Waals surface area contributed by atoms with E-state index < -0.39 is 10.0 Å². The first-order valence-corrected chi connectivity index (χ1v) is 11.3. The van der Waals surface area contributed by atoms with Crippen molar-refractivity contribution in [1.29, 1.82) is 0 Å². The molecule has 2 aromatic carbocycles. The van der Waals surface area contributed by atoms with Gasteiger partial charge in [0.15, 0.2) is 0 Å². The predicted molar refractivity (Wildman–Crippen MR) is 123 cm³/mol. The van der Waals surface area contributed by atoms with E-state index in [4.69, 9.17) is 0 Å². The molecule has 2 aromatic heterocycles. The Balaban J connectivity index is 1.34. The topological polar surface area (TPSA) is 132 Å². The Morgan fingerprint density at radius 3 is 2.42 bits per heavy atom. The third-order valence-electron chi connectivity index (χ3n) is 4.37. The number of carbonyl (C=O) groups excluding carboxylic acids is 1. The number of benzene rings is 2. The molecule has 0 unspecified atom stereocenters. The quantitative estimate of drug-likeness (QED) is 0.386. The summed E-state index contributed by atoms with van der Waals surface area (Å²) in [6, 6.07) is 17.1.